The molecule has 1 heterocycles. The third-order valence-electron chi connectivity index (χ3n) is 2.45. The van der Waals surface area contributed by atoms with Crippen LogP contribution in [0.4, 0.5) is 0 Å². The smallest absolute Gasteiger partial charge is 0.133 e. The summed E-state index contributed by atoms with van der Waals surface area (Å²) in [7, 11) is 4.16. The zero-order valence-corrected chi connectivity index (χ0v) is 10.3. The van der Waals surface area contributed by atoms with Crippen LogP contribution < -0.4 is 5.32 Å². The number of hydrogen-bond acceptors (Lipinski definition) is 4. The average Bonchev–Trinajstić information content (AvgIpc) is 2.25. The lowest BCUT2D eigenvalue weighted by Crippen LogP contribution is -2.29. The van der Waals surface area contributed by atoms with Crippen LogP contribution in [0.15, 0.2) is 18.3 Å². The Labute approximate surface area is 97.3 Å². The van der Waals surface area contributed by atoms with E-state index in [1.807, 2.05) is 6.07 Å². The first-order valence-corrected chi connectivity index (χ1v) is 5.60. The van der Waals surface area contributed by atoms with Gasteiger partial charge in [-0.3, -0.25) is 4.98 Å². The fraction of sp³-hybridized carbons (Fsp3) is 0.583. The molecule has 4 nitrogen and oxygen atoms in total. The van der Waals surface area contributed by atoms with Gasteiger partial charge in [-0.15, -0.1) is 0 Å². The van der Waals surface area contributed by atoms with Crippen molar-refractivity contribution in [2.45, 2.75) is 25.9 Å². The Hall–Kier alpha value is -1.13. The lowest BCUT2D eigenvalue weighted by atomic mass is 10.2. The Bertz CT molecular complexity index is 298. The Morgan fingerprint density at radius 1 is 1.44 bits per heavy atom. The molecule has 0 saturated carbocycles. The highest BCUT2D eigenvalue weighted by atomic mass is 16.3. The van der Waals surface area contributed by atoms with Crippen molar-refractivity contribution in [3.63, 3.8) is 0 Å². The number of hydrogen-bond donors (Lipinski definition) is 2. The number of rotatable bonds is 6. The second-order valence-electron chi connectivity index (χ2n) is 4.38. The third kappa shape index (κ3) is 5.09. The molecule has 4 heteroatoms. The van der Waals surface area contributed by atoms with Gasteiger partial charge in [0.15, 0.2) is 0 Å². The van der Waals surface area contributed by atoms with E-state index in [0.29, 0.717) is 6.04 Å². The molecule has 1 atom stereocenters. The maximum atomic E-state index is 9.09. The number of nitrogens with zero attached hydrogens (tertiary/aromatic N) is 2. The quantitative estimate of drug-likeness (QED) is 0.761. The van der Waals surface area contributed by atoms with Crippen LogP contribution in [0.2, 0.25) is 0 Å². The van der Waals surface area contributed by atoms with E-state index >= 15 is 0 Å². The predicted octanol–water partition coefficient (Wildman–Crippen LogP) is 1.22. The van der Waals surface area contributed by atoms with Crippen molar-refractivity contribution in [1.82, 2.24) is 15.2 Å². The molecule has 0 aliphatic carbocycles. The van der Waals surface area contributed by atoms with Gasteiger partial charge in [0.25, 0.3) is 0 Å². The second-order valence-corrected chi connectivity index (χ2v) is 4.38. The first kappa shape index (κ1) is 12.9. The summed E-state index contributed by atoms with van der Waals surface area (Å²) in [5, 5.41) is 12.5. The number of pyridine rings is 1. The molecule has 1 rings (SSSR count). The standard InChI is InChI=1S/C12H21N3O/c1-10(6-7-15(2)3)13-8-11-4-5-12(16)9-14-11/h4-5,9-10,13,16H,6-8H2,1-3H3. The Kier molecular flexibility index (Phi) is 5.22. The number of aromatic nitrogens is 1. The van der Waals surface area contributed by atoms with Gasteiger partial charge in [0.2, 0.25) is 0 Å². The van der Waals surface area contributed by atoms with E-state index in [2.05, 4.69) is 36.2 Å². The van der Waals surface area contributed by atoms with Crippen LogP contribution >= 0.6 is 0 Å². The van der Waals surface area contributed by atoms with Crippen molar-refractivity contribution >= 4 is 0 Å². The fourth-order valence-corrected chi connectivity index (χ4v) is 1.35. The topological polar surface area (TPSA) is 48.4 Å². The molecule has 0 aromatic carbocycles. The fourth-order valence-electron chi connectivity index (χ4n) is 1.35. The van der Waals surface area contributed by atoms with Crippen LogP contribution in [0.5, 0.6) is 5.75 Å². The van der Waals surface area contributed by atoms with E-state index in [1.54, 1.807) is 6.07 Å². The van der Waals surface area contributed by atoms with E-state index in [1.165, 1.54) is 6.20 Å². The summed E-state index contributed by atoms with van der Waals surface area (Å²) in [6, 6.07) is 3.97. The van der Waals surface area contributed by atoms with Crippen LogP contribution in [0.3, 0.4) is 0 Å². The monoisotopic (exact) mass is 223 g/mol. The molecular weight excluding hydrogens is 202 g/mol. The van der Waals surface area contributed by atoms with Gasteiger partial charge < -0.3 is 15.3 Å². The van der Waals surface area contributed by atoms with Crippen LogP contribution in [0.1, 0.15) is 19.0 Å². The van der Waals surface area contributed by atoms with Crippen molar-refractivity contribution in [3.05, 3.63) is 24.0 Å². The molecule has 1 aromatic rings. The zero-order chi connectivity index (χ0) is 12.0. The summed E-state index contributed by atoms with van der Waals surface area (Å²) in [5.74, 6) is 0.212. The first-order valence-electron chi connectivity index (χ1n) is 5.60. The average molecular weight is 223 g/mol. The molecule has 0 saturated heterocycles. The van der Waals surface area contributed by atoms with Gasteiger partial charge in [-0.25, -0.2) is 0 Å². The van der Waals surface area contributed by atoms with Crippen molar-refractivity contribution in [1.29, 1.82) is 0 Å². The Morgan fingerprint density at radius 3 is 2.75 bits per heavy atom. The SMILES string of the molecule is CC(CCN(C)C)NCc1ccc(O)cn1. The number of nitrogens with one attached hydrogen (secondary N) is 1. The van der Waals surface area contributed by atoms with E-state index < -0.39 is 0 Å². The van der Waals surface area contributed by atoms with Crippen LogP contribution in [0, 0.1) is 0 Å². The summed E-state index contributed by atoms with van der Waals surface area (Å²) >= 11 is 0. The van der Waals surface area contributed by atoms with Gasteiger partial charge >= 0.3 is 0 Å². The lowest BCUT2D eigenvalue weighted by molar-refractivity contribution is 0.365. The Morgan fingerprint density at radius 2 is 2.19 bits per heavy atom. The first-order chi connectivity index (χ1) is 7.58. The third-order valence-corrected chi connectivity index (χ3v) is 2.45. The largest absolute Gasteiger partial charge is 0.506 e. The maximum Gasteiger partial charge on any atom is 0.133 e. The predicted molar refractivity (Wildman–Crippen MR) is 65.4 cm³/mol. The minimum absolute atomic E-state index is 0.212. The van der Waals surface area contributed by atoms with E-state index in [-0.39, 0.29) is 5.75 Å². The summed E-state index contributed by atoms with van der Waals surface area (Å²) in [6.07, 6.45) is 2.59. The highest BCUT2D eigenvalue weighted by Crippen LogP contribution is 2.05. The summed E-state index contributed by atoms with van der Waals surface area (Å²) < 4.78 is 0. The Balaban J connectivity index is 2.26. The molecule has 0 spiro atoms. The summed E-state index contributed by atoms with van der Waals surface area (Å²) in [6.45, 7) is 4.00. The van der Waals surface area contributed by atoms with Crippen LogP contribution in [-0.2, 0) is 6.54 Å². The van der Waals surface area contributed by atoms with Crippen molar-refractivity contribution in [2.24, 2.45) is 0 Å². The molecule has 0 aliphatic rings. The second kappa shape index (κ2) is 6.45. The molecule has 2 N–H and O–H groups in total. The van der Waals surface area contributed by atoms with Crippen molar-refractivity contribution < 1.29 is 5.11 Å². The molecule has 0 bridgehead atoms. The molecule has 90 valence electrons. The summed E-state index contributed by atoms with van der Waals surface area (Å²) in [5.41, 5.74) is 0.953. The normalized spacial score (nSPS) is 13.0. The summed E-state index contributed by atoms with van der Waals surface area (Å²) in [4.78, 5) is 6.30. The molecule has 1 unspecified atom stereocenters. The van der Waals surface area contributed by atoms with E-state index in [9.17, 15) is 0 Å². The van der Waals surface area contributed by atoms with Gasteiger partial charge in [0.05, 0.1) is 11.9 Å². The molecule has 0 fully saturated rings. The number of aromatic hydroxyl groups is 1. The molecule has 16 heavy (non-hydrogen) atoms. The highest BCUT2D eigenvalue weighted by Gasteiger charge is 2.02. The van der Waals surface area contributed by atoms with Crippen LogP contribution in [-0.4, -0.2) is 41.7 Å². The minimum atomic E-state index is 0.212. The maximum absolute atomic E-state index is 9.09. The van der Waals surface area contributed by atoms with Gasteiger partial charge in [0, 0.05) is 12.6 Å². The van der Waals surface area contributed by atoms with Crippen molar-refractivity contribution in [2.75, 3.05) is 20.6 Å². The minimum Gasteiger partial charge on any atom is -0.506 e. The van der Waals surface area contributed by atoms with Crippen molar-refractivity contribution in [3.8, 4) is 5.75 Å². The lowest BCUT2D eigenvalue weighted by Gasteiger charge is -2.16. The highest BCUT2D eigenvalue weighted by molar-refractivity contribution is 5.17. The molecule has 0 radical (unpaired) electrons. The molecule has 0 aliphatic heterocycles. The van der Waals surface area contributed by atoms with Gasteiger partial charge in [-0.1, -0.05) is 0 Å². The molecule has 0 amide bonds. The van der Waals surface area contributed by atoms with Gasteiger partial charge in [0.1, 0.15) is 5.75 Å². The van der Waals surface area contributed by atoms with Gasteiger partial charge in [-0.05, 0) is 46.1 Å². The zero-order valence-electron chi connectivity index (χ0n) is 10.3. The molecular formula is C12H21N3O. The van der Waals surface area contributed by atoms with E-state index in [0.717, 1.165) is 25.2 Å². The van der Waals surface area contributed by atoms with E-state index in [4.69, 9.17) is 5.11 Å². The molecule has 1 aromatic heterocycles. The van der Waals surface area contributed by atoms with Gasteiger partial charge in [-0.2, -0.15) is 0 Å². The van der Waals surface area contributed by atoms with Crippen LogP contribution in [0.25, 0.3) is 0 Å².